The Kier molecular flexibility index (Phi) is 6.32. The van der Waals surface area contributed by atoms with Crippen molar-refractivity contribution in [3.63, 3.8) is 0 Å². The highest BCUT2D eigenvalue weighted by Crippen LogP contribution is 2.20. The normalized spacial score (nSPS) is 22.4. The van der Waals surface area contributed by atoms with Crippen LogP contribution in [0.5, 0.6) is 0 Å². The lowest BCUT2D eigenvalue weighted by atomic mass is 10.2. The molecule has 1 aliphatic rings. The number of nitrogens with zero attached hydrogens (tertiary/aromatic N) is 1. The van der Waals surface area contributed by atoms with E-state index < -0.39 is 15.8 Å². The fourth-order valence-corrected chi connectivity index (χ4v) is 4.84. The molecule has 0 aromatic rings. The van der Waals surface area contributed by atoms with Gasteiger partial charge in [0.05, 0.1) is 23.7 Å². The summed E-state index contributed by atoms with van der Waals surface area (Å²) in [6.45, 7) is 4.07. The number of sulfone groups is 1. The van der Waals surface area contributed by atoms with E-state index in [1.807, 2.05) is 6.92 Å². The second-order valence-electron chi connectivity index (χ2n) is 4.96. The molecule has 6 nitrogen and oxygen atoms in total. The molecule has 2 unspecified atom stereocenters. The number of aliphatic carboxylic acids is 1. The standard InChI is InChI=1S/C12H21NO5S2/c1-3-13(10-4-5-20(17,18)8-10)11(14)7-19-9(2)6-12(15)16/h9-10H,3-8H2,1-2H3,(H,15,16). The smallest absolute Gasteiger partial charge is 0.304 e. The molecule has 0 radical (unpaired) electrons. The number of hydrogen-bond acceptors (Lipinski definition) is 5. The van der Waals surface area contributed by atoms with Crippen molar-refractivity contribution in [1.29, 1.82) is 0 Å². The molecule has 20 heavy (non-hydrogen) atoms. The monoisotopic (exact) mass is 323 g/mol. The van der Waals surface area contributed by atoms with Crippen molar-refractivity contribution in [3.05, 3.63) is 0 Å². The van der Waals surface area contributed by atoms with Crippen LogP contribution in [-0.2, 0) is 19.4 Å². The summed E-state index contributed by atoms with van der Waals surface area (Å²) in [6, 6.07) is -0.229. The molecule has 1 aliphatic heterocycles. The van der Waals surface area contributed by atoms with Gasteiger partial charge in [0.2, 0.25) is 5.91 Å². The first kappa shape index (κ1) is 17.3. The van der Waals surface area contributed by atoms with Crippen molar-refractivity contribution in [2.45, 2.75) is 38.0 Å². The minimum atomic E-state index is -3.01. The van der Waals surface area contributed by atoms with Crippen LogP contribution in [0.25, 0.3) is 0 Å². The Morgan fingerprint density at radius 1 is 1.45 bits per heavy atom. The molecule has 1 N–H and O–H groups in total. The third-order valence-corrected chi connectivity index (χ3v) is 6.16. The number of carbonyl (C=O) groups is 2. The molecule has 0 bridgehead atoms. The minimum absolute atomic E-state index is 0.0158. The van der Waals surface area contributed by atoms with Crippen LogP contribution in [0.1, 0.15) is 26.7 Å². The lowest BCUT2D eigenvalue weighted by molar-refractivity contribution is -0.137. The number of carboxylic acids is 1. The van der Waals surface area contributed by atoms with Crippen molar-refractivity contribution < 1.29 is 23.1 Å². The van der Waals surface area contributed by atoms with E-state index in [0.29, 0.717) is 13.0 Å². The molecule has 0 aliphatic carbocycles. The SMILES string of the molecule is CCN(C(=O)CSC(C)CC(=O)O)C1CCS(=O)(=O)C1. The van der Waals surface area contributed by atoms with Crippen molar-refractivity contribution >= 4 is 33.5 Å². The van der Waals surface area contributed by atoms with E-state index in [0.717, 1.165) is 0 Å². The van der Waals surface area contributed by atoms with Crippen LogP contribution in [0.2, 0.25) is 0 Å². The highest BCUT2D eigenvalue weighted by molar-refractivity contribution is 8.00. The van der Waals surface area contributed by atoms with Gasteiger partial charge in [-0.2, -0.15) is 0 Å². The quantitative estimate of drug-likeness (QED) is 0.738. The van der Waals surface area contributed by atoms with E-state index in [1.54, 1.807) is 11.8 Å². The predicted octanol–water partition coefficient (Wildman–Crippen LogP) is 0.618. The summed E-state index contributed by atoms with van der Waals surface area (Å²) in [5.41, 5.74) is 0. The largest absolute Gasteiger partial charge is 0.481 e. The molecule has 1 fully saturated rings. The van der Waals surface area contributed by atoms with Gasteiger partial charge in [-0.05, 0) is 13.3 Å². The maximum Gasteiger partial charge on any atom is 0.304 e. The molecule has 0 spiro atoms. The molecule has 0 aromatic heterocycles. The van der Waals surface area contributed by atoms with Crippen LogP contribution >= 0.6 is 11.8 Å². The Morgan fingerprint density at radius 3 is 2.55 bits per heavy atom. The average Bonchev–Trinajstić information content (AvgIpc) is 2.67. The Bertz CT molecular complexity index is 462. The highest BCUT2D eigenvalue weighted by Gasteiger charge is 2.33. The molecule has 1 amide bonds. The van der Waals surface area contributed by atoms with E-state index in [9.17, 15) is 18.0 Å². The summed E-state index contributed by atoms with van der Waals surface area (Å²) in [6.07, 6.45) is 0.513. The Hall–Kier alpha value is -0.760. The van der Waals surface area contributed by atoms with Gasteiger partial charge in [-0.15, -0.1) is 11.8 Å². The second-order valence-corrected chi connectivity index (χ2v) is 8.61. The molecule has 2 atom stereocenters. The Labute approximate surface area is 123 Å². The molecular formula is C12H21NO5S2. The average molecular weight is 323 g/mol. The first-order chi connectivity index (χ1) is 9.25. The zero-order chi connectivity index (χ0) is 15.3. The van der Waals surface area contributed by atoms with Crippen LogP contribution in [0, 0.1) is 0 Å². The van der Waals surface area contributed by atoms with E-state index in [-0.39, 0.29) is 40.9 Å². The van der Waals surface area contributed by atoms with Crippen molar-refractivity contribution in [3.8, 4) is 0 Å². The summed E-state index contributed by atoms with van der Waals surface area (Å²) in [5, 5.41) is 8.52. The third-order valence-electron chi connectivity index (χ3n) is 3.26. The number of rotatable bonds is 7. The highest BCUT2D eigenvalue weighted by atomic mass is 32.2. The number of amides is 1. The van der Waals surface area contributed by atoms with Gasteiger partial charge < -0.3 is 10.0 Å². The summed E-state index contributed by atoms with van der Waals surface area (Å²) in [4.78, 5) is 24.3. The molecule has 0 aromatic carbocycles. The molecule has 1 saturated heterocycles. The molecule has 8 heteroatoms. The summed E-state index contributed by atoms with van der Waals surface area (Å²) in [7, 11) is -3.01. The van der Waals surface area contributed by atoms with E-state index >= 15 is 0 Å². The number of carbonyl (C=O) groups excluding carboxylic acids is 1. The van der Waals surface area contributed by atoms with Gasteiger partial charge in [0.25, 0.3) is 0 Å². The van der Waals surface area contributed by atoms with Gasteiger partial charge in [-0.25, -0.2) is 8.42 Å². The summed E-state index contributed by atoms with van der Waals surface area (Å²) >= 11 is 1.29. The van der Waals surface area contributed by atoms with Crippen molar-refractivity contribution in [2.24, 2.45) is 0 Å². The van der Waals surface area contributed by atoms with Crippen molar-refractivity contribution in [2.75, 3.05) is 23.8 Å². The first-order valence-electron chi connectivity index (χ1n) is 6.58. The molecule has 1 rings (SSSR count). The molecular weight excluding hydrogens is 302 g/mol. The Balaban J connectivity index is 2.49. The van der Waals surface area contributed by atoms with Crippen LogP contribution in [0.4, 0.5) is 0 Å². The molecule has 1 heterocycles. The number of thioether (sulfide) groups is 1. The predicted molar refractivity (Wildman–Crippen MR) is 78.6 cm³/mol. The van der Waals surface area contributed by atoms with Gasteiger partial charge in [0.1, 0.15) is 0 Å². The van der Waals surface area contributed by atoms with Crippen molar-refractivity contribution in [1.82, 2.24) is 4.90 Å². The third kappa shape index (κ3) is 5.32. The molecule has 116 valence electrons. The minimum Gasteiger partial charge on any atom is -0.481 e. The van der Waals surface area contributed by atoms with E-state index in [2.05, 4.69) is 0 Å². The van der Waals surface area contributed by atoms with Gasteiger partial charge in [0.15, 0.2) is 9.84 Å². The van der Waals surface area contributed by atoms with E-state index in [1.165, 1.54) is 11.8 Å². The summed E-state index contributed by atoms with van der Waals surface area (Å²) in [5.74, 6) is -0.617. The first-order valence-corrected chi connectivity index (χ1v) is 9.45. The zero-order valence-corrected chi connectivity index (χ0v) is 13.4. The van der Waals surface area contributed by atoms with Crippen LogP contribution < -0.4 is 0 Å². The number of hydrogen-bond donors (Lipinski definition) is 1. The maximum absolute atomic E-state index is 12.1. The van der Waals surface area contributed by atoms with E-state index in [4.69, 9.17) is 5.11 Å². The fraction of sp³-hybridized carbons (Fsp3) is 0.833. The zero-order valence-electron chi connectivity index (χ0n) is 11.7. The fourth-order valence-electron chi connectivity index (χ4n) is 2.26. The Morgan fingerprint density at radius 2 is 2.10 bits per heavy atom. The topological polar surface area (TPSA) is 91.8 Å². The summed E-state index contributed by atoms with van der Waals surface area (Å²) < 4.78 is 22.9. The van der Waals surface area contributed by atoms with Gasteiger partial charge in [0, 0.05) is 17.8 Å². The maximum atomic E-state index is 12.1. The lowest BCUT2D eigenvalue weighted by Gasteiger charge is -2.27. The second kappa shape index (κ2) is 7.31. The van der Waals surface area contributed by atoms with Gasteiger partial charge in [-0.1, -0.05) is 6.92 Å². The molecule has 0 saturated carbocycles. The number of carboxylic acid groups (broad SMARTS) is 1. The van der Waals surface area contributed by atoms with Gasteiger partial charge >= 0.3 is 5.97 Å². The van der Waals surface area contributed by atoms with Crippen LogP contribution in [0.3, 0.4) is 0 Å². The van der Waals surface area contributed by atoms with Gasteiger partial charge in [-0.3, -0.25) is 9.59 Å². The van der Waals surface area contributed by atoms with Crippen LogP contribution in [-0.4, -0.2) is 65.4 Å². The lowest BCUT2D eigenvalue weighted by Crippen LogP contribution is -2.42. The van der Waals surface area contributed by atoms with Crippen LogP contribution in [0.15, 0.2) is 0 Å².